The predicted octanol–water partition coefficient (Wildman–Crippen LogP) is 3.94. The van der Waals surface area contributed by atoms with E-state index in [1.165, 1.54) is 16.4 Å². The van der Waals surface area contributed by atoms with Crippen molar-refractivity contribution in [3.8, 4) is 0 Å². The number of hydrogen-bond acceptors (Lipinski definition) is 3. The molecule has 0 spiro atoms. The van der Waals surface area contributed by atoms with E-state index in [2.05, 4.69) is 12.2 Å². The first-order chi connectivity index (χ1) is 12.9. The molecule has 0 bridgehead atoms. The molecule has 27 heavy (non-hydrogen) atoms. The molecule has 0 saturated carbocycles. The van der Waals surface area contributed by atoms with Crippen LogP contribution in [0.3, 0.4) is 0 Å². The predicted molar refractivity (Wildman–Crippen MR) is 107 cm³/mol. The van der Waals surface area contributed by atoms with Gasteiger partial charge in [0.05, 0.1) is 4.90 Å². The summed E-state index contributed by atoms with van der Waals surface area (Å²) < 4.78 is 26.9. The first-order valence-corrected chi connectivity index (χ1v) is 10.9. The van der Waals surface area contributed by atoms with Crippen LogP contribution in [0, 0.1) is 5.92 Å². The third kappa shape index (κ3) is 4.69. The molecule has 2 aromatic rings. The Morgan fingerprint density at radius 2 is 1.81 bits per heavy atom. The van der Waals surface area contributed by atoms with Gasteiger partial charge in [0.1, 0.15) is 0 Å². The first-order valence-electron chi connectivity index (χ1n) is 9.05. The van der Waals surface area contributed by atoms with Gasteiger partial charge in [-0.25, -0.2) is 8.42 Å². The minimum atomic E-state index is -3.55. The van der Waals surface area contributed by atoms with Crippen molar-refractivity contribution in [1.29, 1.82) is 0 Å². The Morgan fingerprint density at radius 3 is 2.44 bits per heavy atom. The maximum absolute atomic E-state index is 12.7. The van der Waals surface area contributed by atoms with Crippen molar-refractivity contribution in [3.63, 3.8) is 0 Å². The maximum Gasteiger partial charge on any atom is 0.243 e. The molecule has 2 aromatic carbocycles. The Hall–Kier alpha value is -1.89. The van der Waals surface area contributed by atoms with Gasteiger partial charge in [-0.3, -0.25) is 4.79 Å². The molecular formula is C20H23ClN2O3S. The summed E-state index contributed by atoms with van der Waals surface area (Å²) in [4.78, 5) is 12.8. The number of carbonyl (C=O) groups is 1. The monoisotopic (exact) mass is 406 g/mol. The highest BCUT2D eigenvalue weighted by molar-refractivity contribution is 7.89. The zero-order valence-electron chi connectivity index (χ0n) is 15.2. The molecule has 1 aliphatic rings. The minimum Gasteiger partial charge on any atom is -0.326 e. The summed E-state index contributed by atoms with van der Waals surface area (Å²) >= 11 is 5.83. The lowest BCUT2D eigenvalue weighted by molar-refractivity contribution is -0.120. The largest absolute Gasteiger partial charge is 0.326 e. The number of rotatable bonds is 5. The summed E-state index contributed by atoms with van der Waals surface area (Å²) in [5, 5.41) is 3.45. The lowest BCUT2D eigenvalue weighted by atomic mass is 9.97. The second-order valence-electron chi connectivity index (χ2n) is 6.68. The highest BCUT2D eigenvalue weighted by Crippen LogP contribution is 2.25. The van der Waals surface area contributed by atoms with Crippen LogP contribution in [0.4, 0.5) is 5.69 Å². The SMILES string of the molecule is CCc1cccc(NC(=O)C2CCN(S(=O)(=O)c3ccc(Cl)cc3)CC2)c1. The van der Waals surface area contributed by atoms with Crippen molar-refractivity contribution in [2.75, 3.05) is 18.4 Å². The summed E-state index contributed by atoms with van der Waals surface area (Å²) in [6.45, 7) is 2.73. The van der Waals surface area contributed by atoms with Crippen molar-refractivity contribution in [2.45, 2.75) is 31.1 Å². The van der Waals surface area contributed by atoms with Gasteiger partial charge < -0.3 is 5.32 Å². The molecule has 0 atom stereocenters. The van der Waals surface area contributed by atoms with Crippen molar-refractivity contribution < 1.29 is 13.2 Å². The summed E-state index contributed by atoms with van der Waals surface area (Å²) in [5.41, 5.74) is 1.95. The maximum atomic E-state index is 12.7. The average Bonchev–Trinajstić information content (AvgIpc) is 2.68. The number of sulfonamides is 1. The smallest absolute Gasteiger partial charge is 0.243 e. The zero-order chi connectivity index (χ0) is 19.4. The third-order valence-electron chi connectivity index (χ3n) is 4.88. The zero-order valence-corrected chi connectivity index (χ0v) is 16.8. The number of carbonyl (C=O) groups excluding carboxylic acids is 1. The van der Waals surface area contributed by atoms with E-state index in [1.54, 1.807) is 12.1 Å². The number of anilines is 1. The summed E-state index contributed by atoms with van der Waals surface area (Å²) in [6, 6.07) is 14.0. The van der Waals surface area contributed by atoms with Gasteiger partial charge in [0, 0.05) is 29.7 Å². The molecule has 0 radical (unpaired) electrons. The van der Waals surface area contributed by atoms with Gasteiger partial charge in [0.2, 0.25) is 15.9 Å². The Bertz CT molecular complexity index is 905. The van der Waals surface area contributed by atoms with Gasteiger partial charge >= 0.3 is 0 Å². The highest BCUT2D eigenvalue weighted by Gasteiger charge is 2.32. The number of hydrogen-bond donors (Lipinski definition) is 1. The normalized spacial score (nSPS) is 16.2. The molecule has 1 saturated heterocycles. The Morgan fingerprint density at radius 1 is 1.15 bits per heavy atom. The fourth-order valence-electron chi connectivity index (χ4n) is 3.23. The van der Waals surface area contributed by atoms with E-state index in [1.807, 2.05) is 24.3 Å². The van der Waals surface area contributed by atoms with Gasteiger partial charge in [-0.05, 0) is 61.2 Å². The summed E-state index contributed by atoms with van der Waals surface area (Å²) in [7, 11) is -3.55. The lowest BCUT2D eigenvalue weighted by Crippen LogP contribution is -2.41. The Labute approximate surface area is 165 Å². The first kappa shape index (κ1) is 19.9. The van der Waals surface area contributed by atoms with E-state index in [-0.39, 0.29) is 16.7 Å². The van der Waals surface area contributed by atoms with Crippen LogP contribution in [0.25, 0.3) is 0 Å². The second kappa shape index (κ2) is 8.42. The molecule has 1 aliphatic heterocycles. The fraction of sp³-hybridized carbons (Fsp3) is 0.350. The van der Waals surface area contributed by atoms with Crippen LogP contribution in [-0.4, -0.2) is 31.7 Å². The van der Waals surface area contributed by atoms with Gasteiger partial charge in [-0.2, -0.15) is 4.31 Å². The van der Waals surface area contributed by atoms with E-state index in [4.69, 9.17) is 11.6 Å². The van der Waals surface area contributed by atoms with Crippen LogP contribution >= 0.6 is 11.6 Å². The molecular weight excluding hydrogens is 384 g/mol. The van der Waals surface area contributed by atoms with Crippen molar-refractivity contribution in [2.24, 2.45) is 5.92 Å². The summed E-state index contributed by atoms with van der Waals surface area (Å²) in [5.74, 6) is -0.237. The number of amides is 1. The van der Waals surface area contributed by atoms with Gasteiger partial charge in [-0.1, -0.05) is 30.7 Å². The van der Waals surface area contributed by atoms with Crippen LogP contribution in [0.1, 0.15) is 25.3 Å². The molecule has 0 aromatic heterocycles. The fourth-order valence-corrected chi connectivity index (χ4v) is 4.82. The third-order valence-corrected chi connectivity index (χ3v) is 7.04. The van der Waals surface area contributed by atoms with E-state index in [0.717, 1.165) is 17.7 Å². The van der Waals surface area contributed by atoms with Gasteiger partial charge in [-0.15, -0.1) is 0 Å². The molecule has 3 rings (SSSR count). The molecule has 1 amide bonds. The van der Waals surface area contributed by atoms with Crippen molar-refractivity contribution in [1.82, 2.24) is 4.31 Å². The van der Waals surface area contributed by atoms with Crippen molar-refractivity contribution in [3.05, 3.63) is 59.1 Å². The van der Waals surface area contributed by atoms with Gasteiger partial charge in [0.25, 0.3) is 0 Å². The highest BCUT2D eigenvalue weighted by atomic mass is 35.5. The van der Waals surface area contributed by atoms with Gasteiger partial charge in [0.15, 0.2) is 0 Å². The van der Waals surface area contributed by atoms with E-state index in [0.29, 0.717) is 31.0 Å². The van der Waals surface area contributed by atoms with E-state index in [9.17, 15) is 13.2 Å². The van der Waals surface area contributed by atoms with E-state index < -0.39 is 10.0 Å². The lowest BCUT2D eigenvalue weighted by Gasteiger charge is -2.30. The average molecular weight is 407 g/mol. The number of piperidine rings is 1. The quantitative estimate of drug-likeness (QED) is 0.817. The number of halogens is 1. The number of nitrogens with one attached hydrogen (secondary N) is 1. The van der Waals surface area contributed by atoms with Crippen LogP contribution < -0.4 is 5.32 Å². The number of aryl methyl sites for hydroxylation is 1. The Kier molecular flexibility index (Phi) is 6.19. The second-order valence-corrected chi connectivity index (χ2v) is 9.05. The summed E-state index contributed by atoms with van der Waals surface area (Å²) in [6.07, 6.45) is 1.92. The number of nitrogens with zero attached hydrogens (tertiary/aromatic N) is 1. The molecule has 0 aliphatic carbocycles. The minimum absolute atomic E-state index is 0.0493. The molecule has 1 fully saturated rings. The van der Waals surface area contributed by atoms with Crippen LogP contribution in [0.15, 0.2) is 53.4 Å². The van der Waals surface area contributed by atoms with Crippen LogP contribution in [0.5, 0.6) is 0 Å². The number of benzene rings is 2. The van der Waals surface area contributed by atoms with E-state index >= 15 is 0 Å². The standard InChI is InChI=1S/C20H23ClN2O3S/c1-2-15-4-3-5-18(14-15)22-20(24)16-10-12-23(13-11-16)27(25,26)19-8-6-17(21)7-9-19/h3-9,14,16H,2,10-13H2,1H3,(H,22,24). The van der Waals surface area contributed by atoms with Crippen LogP contribution in [0.2, 0.25) is 5.02 Å². The topological polar surface area (TPSA) is 66.5 Å². The molecule has 1 N–H and O–H groups in total. The molecule has 7 heteroatoms. The molecule has 144 valence electrons. The molecule has 5 nitrogen and oxygen atoms in total. The van der Waals surface area contributed by atoms with Crippen molar-refractivity contribution >= 4 is 33.2 Å². The molecule has 1 heterocycles. The molecule has 0 unspecified atom stereocenters. The Balaban J connectivity index is 1.61. The van der Waals surface area contributed by atoms with Crippen LogP contribution in [-0.2, 0) is 21.2 Å².